The lowest BCUT2D eigenvalue weighted by molar-refractivity contribution is 0.142. The second-order valence-electron chi connectivity index (χ2n) is 7.35. The zero-order valence-corrected chi connectivity index (χ0v) is 16.5. The molecule has 1 N–H and O–H groups in total. The van der Waals surface area contributed by atoms with Crippen LogP contribution >= 0.6 is 0 Å². The second kappa shape index (κ2) is 7.19. The van der Waals surface area contributed by atoms with Gasteiger partial charge in [0.25, 0.3) is 0 Å². The highest BCUT2D eigenvalue weighted by Gasteiger charge is 2.24. The van der Waals surface area contributed by atoms with Crippen LogP contribution in [0.2, 0.25) is 0 Å². The molecule has 1 aliphatic heterocycles. The molecule has 28 heavy (non-hydrogen) atoms. The highest BCUT2D eigenvalue weighted by molar-refractivity contribution is 5.95. The first kappa shape index (κ1) is 18.3. The Kier molecular flexibility index (Phi) is 4.71. The molecule has 6 nitrogen and oxygen atoms in total. The number of aromatic nitrogens is 2. The number of rotatable bonds is 4. The fourth-order valence-corrected chi connectivity index (χ4v) is 4.16. The van der Waals surface area contributed by atoms with Crippen LogP contribution in [0.25, 0.3) is 10.9 Å². The van der Waals surface area contributed by atoms with Crippen molar-refractivity contribution in [2.75, 3.05) is 11.4 Å². The summed E-state index contributed by atoms with van der Waals surface area (Å²) in [6.45, 7) is 8.83. The highest BCUT2D eigenvalue weighted by atomic mass is 16.7. The van der Waals surface area contributed by atoms with Crippen molar-refractivity contribution in [3.05, 3.63) is 52.7 Å². The van der Waals surface area contributed by atoms with Crippen molar-refractivity contribution in [1.82, 2.24) is 9.55 Å². The summed E-state index contributed by atoms with van der Waals surface area (Å²) in [6.07, 6.45) is 0.611. The summed E-state index contributed by atoms with van der Waals surface area (Å²) in [6, 6.07) is 10.2. The number of carboxylic acid groups (broad SMARTS) is 1. The van der Waals surface area contributed by atoms with Gasteiger partial charge in [-0.1, -0.05) is 31.2 Å². The van der Waals surface area contributed by atoms with Gasteiger partial charge in [0.05, 0.1) is 5.52 Å². The van der Waals surface area contributed by atoms with E-state index in [1.165, 1.54) is 16.8 Å². The lowest BCUT2D eigenvalue weighted by Crippen LogP contribution is -2.31. The van der Waals surface area contributed by atoms with Gasteiger partial charge in [-0.15, -0.1) is 0 Å². The topological polar surface area (TPSA) is 67.6 Å². The summed E-state index contributed by atoms with van der Waals surface area (Å²) in [5.41, 5.74) is 6.04. The summed E-state index contributed by atoms with van der Waals surface area (Å²) in [4.78, 5) is 18.0. The predicted octanol–water partition coefficient (Wildman–Crippen LogP) is 4.68. The first-order valence-corrected chi connectivity index (χ1v) is 9.72. The molecule has 0 aliphatic carbocycles. The largest absolute Gasteiger partial charge is 0.512 e. The average Bonchev–Trinajstić information content (AvgIpc) is 2.92. The van der Waals surface area contributed by atoms with Crippen LogP contribution in [0.1, 0.15) is 35.7 Å². The number of hydrogen-bond donors (Lipinski definition) is 1. The molecule has 3 aromatic rings. The smallest absolute Gasteiger partial charge is 0.449 e. The number of anilines is 1. The third-order valence-electron chi connectivity index (χ3n) is 5.64. The van der Waals surface area contributed by atoms with E-state index in [2.05, 4.69) is 59.5 Å². The molecule has 3 heterocycles. The standard InChI is InChI=1S/C22H25N3O3/c1-4-10-25-15(3)14(2)18-12-19(28-22(26)27)23-21(20(18)25)24-11-9-16-7-5-6-8-17(16)13-24/h5-8,12H,4,9-11,13H2,1-3H3,(H,26,27). The molecule has 0 bridgehead atoms. The maximum atomic E-state index is 11.1. The van der Waals surface area contributed by atoms with Gasteiger partial charge in [-0.2, -0.15) is 4.98 Å². The second-order valence-corrected chi connectivity index (χ2v) is 7.35. The van der Waals surface area contributed by atoms with Gasteiger partial charge in [-0.05, 0) is 43.4 Å². The molecule has 1 aromatic carbocycles. The maximum absolute atomic E-state index is 11.1. The van der Waals surface area contributed by atoms with Crippen LogP contribution in [0, 0.1) is 13.8 Å². The molecule has 0 unspecified atom stereocenters. The molecule has 0 amide bonds. The van der Waals surface area contributed by atoms with Gasteiger partial charge >= 0.3 is 6.16 Å². The van der Waals surface area contributed by atoms with E-state index in [4.69, 9.17) is 9.84 Å². The summed E-state index contributed by atoms with van der Waals surface area (Å²) in [7, 11) is 0. The fourth-order valence-electron chi connectivity index (χ4n) is 4.16. The van der Waals surface area contributed by atoms with Crippen molar-refractivity contribution in [3.63, 3.8) is 0 Å². The third kappa shape index (κ3) is 3.09. The molecule has 2 aromatic heterocycles. The third-order valence-corrected chi connectivity index (χ3v) is 5.64. The molecule has 0 atom stereocenters. The Morgan fingerprint density at radius 1 is 1.25 bits per heavy atom. The van der Waals surface area contributed by atoms with E-state index in [9.17, 15) is 4.79 Å². The normalized spacial score (nSPS) is 13.6. The Morgan fingerprint density at radius 3 is 2.71 bits per heavy atom. The molecular formula is C22H25N3O3. The number of pyridine rings is 1. The van der Waals surface area contributed by atoms with Crippen molar-refractivity contribution in [1.29, 1.82) is 0 Å². The van der Waals surface area contributed by atoms with E-state index in [1.807, 2.05) is 0 Å². The zero-order chi connectivity index (χ0) is 19.8. The number of nitrogens with zero attached hydrogens (tertiary/aromatic N) is 3. The van der Waals surface area contributed by atoms with Crippen molar-refractivity contribution in [3.8, 4) is 5.88 Å². The Bertz CT molecular complexity index is 1050. The molecule has 4 rings (SSSR count). The van der Waals surface area contributed by atoms with Crippen molar-refractivity contribution in [2.24, 2.45) is 0 Å². The van der Waals surface area contributed by atoms with Gasteiger partial charge in [0.1, 0.15) is 0 Å². The van der Waals surface area contributed by atoms with Crippen LogP contribution in [-0.4, -0.2) is 27.4 Å². The molecule has 0 fully saturated rings. The molecule has 6 heteroatoms. The molecular weight excluding hydrogens is 354 g/mol. The minimum absolute atomic E-state index is 0.130. The van der Waals surface area contributed by atoms with Crippen molar-refractivity contribution >= 4 is 22.9 Å². The molecule has 0 spiro atoms. The molecule has 0 saturated carbocycles. The van der Waals surface area contributed by atoms with Crippen LogP contribution in [-0.2, 0) is 19.5 Å². The van der Waals surface area contributed by atoms with E-state index >= 15 is 0 Å². The van der Waals surface area contributed by atoms with E-state index in [0.29, 0.717) is 0 Å². The Hall–Kier alpha value is -3.02. The zero-order valence-electron chi connectivity index (χ0n) is 16.5. The van der Waals surface area contributed by atoms with E-state index in [0.717, 1.165) is 54.8 Å². The lowest BCUT2D eigenvalue weighted by atomic mass is 10.00. The summed E-state index contributed by atoms with van der Waals surface area (Å²) < 4.78 is 7.26. The molecule has 1 aliphatic rings. The predicted molar refractivity (Wildman–Crippen MR) is 109 cm³/mol. The monoisotopic (exact) mass is 379 g/mol. The Morgan fingerprint density at radius 2 is 2.00 bits per heavy atom. The molecule has 0 radical (unpaired) electrons. The number of hydrogen-bond acceptors (Lipinski definition) is 4. The first-order chi connectivity index (χ1) is 13.5. The lowest BCUT2D eigenvalue weighted by Gasteiger charge is -2.30. The quantitative estimate of drug-likeness (QED) is 0.667. The van der Waals surface area contributed by atoms with Crippen LogP contribution in [0.15, 0.2) is 30.3 Å². The number of ether oxygens (including phenoxy) is 1. The van der Waals surface area contributed by atoms with Gasteiger partial charge in [-0.25, -0.2) is 4.79 Å². The number of aryl methyl sites for hydroxylation is 2. The van der Waals surface area contributed by atoms with Gasteiger partial charge in [-0.3, -0.25) is 0 Å². The molecule has 146 valence electrons. The summed E-state index contributed by atoms with van der Waals surface area (Å²) in [5.74, 6) is 0.929. The minimum atomic E-state index is -1.34. The average molecular weight is 379 g/mol. The highest BCUT2D eigenvalue weighted by Crippen LogP contribution is 2.36. The SMILES string of the molecule is CCCn1c(C)c(C)c2cc(OC(=O)O)nc(N3CCc4ccccc4C3)c21. The van der Waals surface area contributed by atoms with Gasteiger partial charge in [0, 0.05) is 36.8 Å². The van der Waals surface area contributed by atoms with Crippen molar-refractivity contribution in [2.45, 2.75) is 46.7 Å². The maximum Gasteiger partial charge on any atom is 0.512 e. The minimum Gasteiger partial charge on any atom is -0.449 e. The van der Waals surface area contributed by atoms with Gasteiger partial charge in [0.15, 0.2) is 5.82 Å². The number of benzene rings is 1. The van der Waals surface area contributed by atoms with Gasteiger partial charge < -0.3 is 19.3 Å². The van der Waals surface area contributed by atoms with E-state index in [-0.39, 0.29) is 5.88 Å². The van der Waals surface area contributed by atoms with E-state index in [1.54, 1.807) is 6.07 Å². The summed E-state index contributed by atoms with van der Waals surface area (Å²) >= 11 is 0. The van der Waals surface area contributed by atoms with Crippen LogP contribution in [0.3, 0.4) is 0 Å². The fraction of sp³-hybridized carbons (Fsp3) is 0.364. The Balaban J connectivity index is 1.90. The van der Waals surface area contributed by atoms with Crippen LogP contribution in [0.4, 0.5) is 10.6 Å². The van der Waals surface area contributed by atoms with Crippen LogP contribution in [0.5, 0.6) is 5.88 Å². The first-order valence-electron chi connectivity index (χ1n) is 9.72. The van der Waals surface area contributed by atoms with Crippen molar-refractivity contribution < 1.29 is 14.6 Å². The summed E-state index contributed by atoms with van der Waals surface area (Å²) in [5, 5.41) is 10.1. The van der Waals surface area contributed by atoms with Gasteiger partial charge in [0.2, 0.25) is 5.88 Å². The molecule has 0 saturated heterocycles. The number of carbonyl (C=O) groups is 1. The number of fused-ring (bicyclic) bond motifs is 2. The Labute approximate surface area is 164 Å². The van der Waals surface area contributed by atoms with E-state index < -0.39 is 6.16 Å². The van der Waals surface area contributed by atoms with Crippen LogP contribution < -0.4 is 9.64 Å².